The van der Waals surface area contributed by atoms with E-state index in [0.29, 0.717) is 6.61 Å². The number of carbonyl (C=O) groups excluding carboxylic acids is 1. The van der Waals surface area contributed by atoms with Crippen LogP contribution in [-0.2, 0) is 20.9 Å². The van der Waals surface area contributed by atoms with Gasteiger partial charge in [-0.1, -0.05) is 30.3 Å². The predicted octanol–water partition coefficient (Wildman–Crippen LogP) is 0.0789. The second-order valence-electron chi connectivity index (χ2n) is 3.74. The lowest BCUT2D eigenvalue weighted by atomic mass is 10.2. The number of nitrogens with two attached hydrogens (primary N) is 1. The topological polar surface area (TPSA) is 102 Å². The zero-order valence-electron chi connectivity index (χ0n) is 9.83. The minimum absolute atomic E-state index is 0.0408. The average Bonchev–Trinajstić information content (AvgIpc) is 2.33. The fourth-order valence-electron chi connectivity index (χ4n) is 1.35. The number of primary amides is 1. The monoisotopic (exact) mass is 252 g/mol. The Bertz CT molecular complexity index is 394. The molecule has 1 unspecified atom stereocenters. The molecule has 98 valence electrons. The summed E-state index contributed by atoms with van der Waals surface area (Å²) in [6.45, 7) is 0.413. The Morgan fingerprint density at radius 3 is 2.56 bits per heavy atom. The van der Waals surface area contributed by atoms with Crippen molar-refractivity contribution in [3.8, 4) is 0 Å². The Balaban J connectivity index is 2.27. The van der Waals surface area contributed by atoms with Crippen LogP contribution in [0, 0.1) is 0 Å². The standard InChI is InChI=1S/C12H16N2O4/c13-11(15)6-10(12(16)17)14-8-18-7-9-4-2-1-3-5-9/h1-5,10,14H,6-8H2,(H2,13,15)(H,16,17). The number of aliphatic carboxylic acids is 1. The van der Waals surface area contributed by atoms with Crippen molar-refractivity contribution in [2.24, 2.45) is 5.73 Å². The van der Waals surface area contributed by atoms with Crippen LogP contribution < -0.4 is 11.1 Å². The third kappa shape index (κ3) is 5.42. The molecule has 0 aliphatic heterocycles. The lowest BCUT2D eigenvalue weighted by molar-refractivity contribution is -0.141. The fraction of sp³-hybridized carbons (Fsp3) is 0.333. The summed E-state index contributed by atoms with van der Waals surface area (Å²) >= 11 is 0. The van der Waals surface area contributed by atoms with Gasteiger partial charge in [-0.05, 0) is 5.56 Å². The Hall–Kier alpha value is -1.92. The van der Waals surface area contributed by atoms with Crippen LogP contribution in [0.2, 0.25) is 0 Å². The number of ether oxygens (including phenoxy) is 1. The molecule has 0 aliphatic carbocycles. The molecular weight excluding hydrogens is 236 g/mol. The van der Waals surface area contributed by atoms with E-state index in [4.69, 9.17) is 15.6 Å². The van der Waals surface area contributed by atoms with Crippen LogP contribution in [0.1, 0.15) is 12.0 Å². The van der Waals surface area contributed by atoms with E-state index < -0.39 is 17.9 Å². The van der Waals surface area contributed by atoms with Crippen molar-refractivity contribution in [1.82, 2.24) is 5.32 Å². The quantitative estimate of drug-likeness (QED) is 0.449. The maximum Gasteiger partial charge on any atom is 0.321 e. The second kappa shape index (κ2) is 7.41. The Morgan fingerprint density at radius 1 is 1.33 bits per heavy atom. The van der Waals surface area contributed by atoms with Crippen LogP contribution >= 0.6 is 0 Å². The van der Waals surface area contributed by atoms with Crippen LogP contribution in [0.25, 0.3) is 0 Å². The molecule has 18 heavy (non-hydrogen) atoms. The number of amides is 1. The minimum atomic E-state index is -1.13. The van der Waals surface area contributed by atoms with Gasteiger partial charge in [-0.25, -0.2) is 0 Å². The molecule has 0 aliphatic rings. The van der Waals surface area contributed by atoms with Gasteiger partial charge in [0.25, 0.3) is 0 Å². The van der Waals surface area contributed by atoms with E-state index in [9.17, 15) is 9.59 Å². The Labute approximate surface area is 105 Å². The molecule has 0 spiro atoms. The highest BCUT2D eigenvalue weighted by atomic mass is 16.5. The molecule has 0 bridgehead atoms. The van der Waals surface area contributed by atoms with Crippen molar-refractivity contribution in [3.05, 3.63) is 35.9 Å². The van der Waals surface area contributed by atoms with E-state index in [-0.39, 0.29) is 13.2 Å². The minimum Gasteiger partial charge on any atom is -0.480 e. The third-order valence-corrected chi connectivity index (χ3v) is 2.25. The molecule has 4 N–H and O–H groups in total. The molecular formula is C12H16N2O4. The van der Waals surface area contributed by atoms with Crippen LogP contribution in [0.15, 0.2) is 30.3 Å². The molecule has 0 saturated heterocycles. The molecule has 0 fully saturated rings. The van der Waals surface area contributed by atoms with E-state index in [0.717, 1.165) is 5.56 Å². The maximum absolute atomic E-state index is 10.8. The molecule has 1 aromatic carbocycles. The van der Waals surface area contributed by atoms with Crippen molar-refractivity contribution >= 4 is 11.9 Å². The smallest absolute Gasteiger partial charge is 0.321 e. The van der Waals surface area contributed by atoms with E-state index >= 15 is 0 Å². The number of nitrogens with one attached hydrogen (secondary N) is 1. The lowest BCUT2D eigenvalue weighted by Gasteiger charge is -2.12. The first kappa shape index (κ1) is 14.1. The molecule has 1 rings (SSSR count). The van der Waals surface area contributed by atoms with Crippen LogP contribution in [0.4, 0.5) is 0 Å². The number of rotatable bonds is 8. The molecule has 0 radical (unpaired) electrons. The Kier molecular flexibility index (Phi) is 5.83. The first-order chi connectivity index (χ1) is 8.59. The van der Waals surface area contributed by atoms with Crippen molar-refractivity contribution in [2.45, 2.75) is 19.1 Å². The predicted molar refractivity (Wildman–Crippen MR) is 64.5 cm³/mol. The normalized spacial score (nSPS) is 12.0. The van der Waals surface area contributed by atoms with Gasteiger partial charge in [0.15, 0.2) is 0 Å². The summed E-state index contributed by atoms with van der Waals surface area (Å²) in [7, 11) is 0. The van der Waals surface area contributed by atoms with Crippen LogP contribution in [-0.4, -0.2) is 29.8 Å². The molecule has 6 heteroatoms. The van der Waals surface area contributed by atoms with Gasteiger partial charge in [0.05, 0.1) is 19.8 Å². The lowest BCUT2D eigenvalue weighted by Crippen LogP contribution is -2.41. The summed E-state index contributed by atoms with van der Waals surface area (Å²) in [4.78, 5) is 21.4. The van der Waals surface area contributed by atoms with Crippen molar-refractivity contribution < 1.29 is 19.4 Å². The molecule has 6 nitrogen and oxygen atoms in total. The van der Waals surface area contributed by atoms with Gasteiger partial charge < -0.3 is 15.6 Å². The van der Waals surface area contributed by atoms with Gasteiger partial charge in [-0.15, -0.1) is 0 Å². The van der Waals surface area contributed by atoms with Crippen LogP contribution in [0.3, 0.4) is 0 Å². The summed E-state index contributed by atoms with van der Waals surface area (Å²) in [5, 5.41) is 11.4. The average molecular weight is 252 g/mol. The van der Waals surface area contributed by atoms with Gasteiger partial charge >= 0.3 is 5.97 Å². The van der Waals surface area contributed by atoms with Crippen molar-refractivity contribution in [1.29, 1.82) is 0 Å². The maximum atomic E-state index is 10.8. The molecule has 0 saturated carbocycles. The van der Waals surface area contributed by atoms with E-state index in [1.54, 1.807) is 0 Å². The number of carboxylic acid groups (broad SMARTS) is 1. The first-order valence-corrected chi connectivity index (χ1v) is 5.45. The number of hydrogen-bond acceptors (Lipinski definition) is 4. The second-order valence-corrected chi connectivity index (χ2v) is 3.74. The molecule has 1 aromatic rings. The van der Waals surface area contributed by atoms with Crippen LogP contribution in [0.5, 0.6) is 0 Å². The number of carboxylic acids is 1. The summed E-state index contributed by atoms with van der Waals surface area (Å²) in [6.07, 6.45) is -0.260. The van der Waals surface area contributed by atoms with E-state index in [1.807, 2.05) is 30.3 Å². The highest BCUT2D eigenvalue weighted by Crippen LogP contribution is 2.00. The highest BCUT2D eigenvalue weighted by Gasteiger charge is 2.18. The molecule has 1 amide bonds. The number of benzene rings is 1. The zero-order chi connectivity index (χ0) is 13.4. The summed E-state index contributed by atoms with van der Waals surface area (Å²) < 4.78 is 5.26. The third-order valence-electron chi connectivity index (χ3n) is 2.25. The van der Waals surface area contributed by atoms with Gasteiger partial charge in [-0.3, -0.25) is 14.9 Å². The molecule has 0 heterocycles. The Morgan fingerprint density at radius 2 is 2.00 bits per heavy atom. The fourth-order valence-corrected chi connectivity index (χ4v) is 1.35. The SMILES string of the molecule is NC(=O)CC(NCOCc1ccccc1)C(=O)O. The number of hydrogen-bond donors (Lipinski definition) is 3. The zero-order valence-corrected chi connectivity index (χ0v) is 9.83. The largest absolute Gasteiger partial charge is 0.480 e. The molecule has 0 aromatic heterocycles. The van der Waals surface area contributed by atoms with E-state index in [1.165, 1.54) is 0 Å². The van der Waals surface area contributed by atoms with E-state index in [2.05, 4.69) is 5.32 Å². The highest BCUT2D eigenvalue weighted by molar-refractivity contribution is 5.83. The summed E-state index contributed by atoms with van der Waals surface area (Å²) in [5.41, 5.74) is 5.93. The van der Waals surface area contributed by atoms with Crippen molar-refractivity contribution in [3.63, 3.8) is 0 Å². The van der Waals surface area contributed by atoms with Gasteiger partial charge in [0.2, 0.25) is 5.91 Å². The van der Waals surface area contributed by atoms with Gasteiger partial charge in [-0.2, -0.15) is 0 Å². The van der Waals surface area contributed by atoms with Gasteiger partial charge in [0.1, 0.15) is 6.04 Å². The van der Waals surface area contributed by atoms with Gasteiger partial charge in [0, 0.05) is 0 Å². The summed E-state index contributed by atoms with van der Waals surface area (Å²) in [5.74, 6) is -1.80. The first-order valence-electron chi connectivity index (χ1n) is 5.45. The summed E-state index contributed by atoms with van der Waals surface area (Å²) in [6, 6.07) is 8.46. The van der Waals surface area contributed by atoms with Crippen molar-refractivity contribution in [2.75, 3.05) is 6.73 Å². The molecule has 1 atom stereocenters. The number of carbonyl (C=O) groups is 2.